The average Bonchev–Trinajstić information content (AvgIpc) is 2.06. The molecule has 0 unspecified atom stereocenters. The molecule has 1 rings (SSSR count). The van der Waals surface area contributed by atoms with Gasteiger partial charge in [-0.1, -0.05) is 0 Å². The molecule has 1 aliphatic heterocycles. The van der Waals surface area contributed by atoms with Crippen LogP contribution < -0.4 is 0 Å². The smallest absolute Gasteiger partial charge is 0.160 e. The summed E-state index contributed by atoms with van der Waals surface area (Å²) in [6.45, 7) is 1.26. The monoisotopic (exact) mass is 88.0 g/mol. The Balaban J connectivity index is 2.31. The topological polar surface area (TPSA) is 46.1 Å². The Morgan fingerprint density at radius 1 is 1.67 bits per heavy atom. The highest BCUT2D eigenvalue weighted by molar-refractivity contribution is 4.58. The van der Waals surface area contributed by atoms with E-state index in [-0.39, 0.29) is 5.03 Å². The van der Waals surface area contributed by atoms with Gasteiger partial charge in [0.1, 0.15) is 13.1 Å². The first-order chi connectivity index (χ1) is 2.80. The second-order valence-electron chi connectivity index (χ2n) is 1.19. The van der Waals surface area contributed by atoms with Gasteiger partial charge in [0.2, 0.25) is 0 Å². The molecule has 0 atom stereocenters. The number of hydrazine groups is 1. The molecule has 1 saturated heterocycles. The van der Waals surface area contributed by atoms with Crippen LogP contribution >= 0.6 is 0 Å². The number of hydrogen-bond donors (Lipinski definition) is 0. The van der Waals surface area contributed by atoms with Crippen LogP contribution in [0.25, 0.3) is 0 Å². The Morgan fingerprint density at radius 2 is 2.17 bits per heavy atom. The molecule has 0 aromatic rings. The molecule has 0 N–H and O–H groups in total. The normalized spacial score (nSPS) is 17.7. The van der Waals surface area contributed by atoms with E-state index in [0.29, 0.717) is 13.1 Å². The molecule has 1 heterocycles. The molecule has 1 aliphatic rings. The minimum absolute atomic E-state index is 0.389. The van der Waals surface area contributed by atoms with Crippen LogP contribution in [-0.4, -0.2) is 23.1 Å². The predicted octanol–water partition coefficient (Wildman–Crippen LogP) is -0.506. The van der Waals surface area contributed by atoms with Crippen molar-refractivity contribution in [3.8, 4) is 0 Å². The molecule has 0 bridgehead atoms. The lowest BCUT2D eigenvalue weighted by Crippen LogP contribution is -2.04. The van der Waals surface area contributed by atoms with Crippen LogP contribution in [-0.2, 0) is 0 Å². The number of nitrogens with zero attached hydrogens (tertiary/aromatic N) is 2. The van der Waals surface area contributed by atoms with Crippen molar-refractivity contribution in [3.63, 3.8) is 0 Å². The van der Waals surface area contributed by atoms with Crippen molar-refractivity contribution in [2.24, 2.45) is 0 Å². The standard InChI is InChI=1S/C2H4N2O2/c5-4(6)3-1-2-3/h1-2H2. The van der Waals surface area contributed by atoms with Crippen LogP contribution in [0.15, 0.2) is 0 Å². The van der Waals surface area contributed by atoms with Crippen molar-refractivity contribution in [1.82, 2.24) is 5.01 Å². The van der Waals surface area contributed by atoms with Crippen molar-refractivity contribution >= 4 is 0 Å². The minimum Gasteiger partial charge on any atom is -0.235 e. The maximum atomic E-state index is 9.49. The summed E-state index contributed by atoms with van der Waals surface area (Å²) >= 11 is 0. The molecule has 6 heavy (non-hydrogen) atoms. The van der Waals surface area contributed by atoms with Gasteiger partial charge in [0.15, 0.2) is 5.03 Å². The van der Waals surface area contributed by atoms with Crippen LogP contribution in [0.4, 0.5) is 0 Å². The molecular formula is C2H4N2O2. The molecular weight excluding hydrogens is 84.0 g/mol. The lowest BCUT2D eigenvalue weighted by molar-refractivity contribution is -0.616. The van der Waals surface area contributed by atoms with Gasteiger partial charge in [-0.05, 0) is 0 Å². The number of hydrogen-bond acceptors (Lipinski definition) is 2. The lowest BCUT2D eigenvalue weighted by Gasteiger charge is -1.80. The van der Waals surface area contributed by atoms with E-state index < -0.39 is 0 Å². The maximum Gasteiger partial charge on any atom is 0.160 e. The third kappa shape index (κ3) is 0.403. The van der Waals surface area contributed by atoms with Gasteiger partial charge in [0.05, 0.1) is 0 Å². The largest absolute Gasteiger partial charge is 0.235 e. The van der Waals surface area contributed by atoms with Gasteiger partial charge in [0.25, 0.3) is 0 Å². The zero-order valence-electron chi connectivity index (χ0n) is 3.13. The van der Waals surface area contributed by atoms with Gasteiger partial charge in [-0.25, -0.2) is 10.1 Å². The summed E-state index contributed by atoms with van der Waals surface area (Å²) in [7, 11) is 0. The first-order valence-corrected chi connectivity index (χ1v) is 1.70. The Labute approximate surface area is 34.5 Å². The average molecular weight is 88.1 g/mol. The third-order valence-electron chi connectivity index (χ3n) is 0.655. The zero-order chi connectivity index (χ0) is 4.57. The predicted molar refractivity (Wildman–Crippen MR) is 18.6 cm³/mol. The van der Waals surface area contributed by atoms with Crippen LogP contribution in [0.5, 0.6) is 0 Å². The summed E-state index contributed by atoms with van der Waals surface area (Å²) in [6.07, 6.45) is 0. The molecule has 4 nitrogen and oxygen atoms in total. The van der Waals surface area contributed by atoms with Crippen LogP contribution in [0.2, 0.25) is 0 Å². The van der Waals surface area contributed by atoms with Gasteiger partial charge in [-0.2, -0.15) is 0 Å². The quantitative estimate of drug-likeness (QED) is 0.246. The highest BCUT2D eigenvalue weighted by Crippen LogP contribution is 1.99. The summed E-state index contributed by atoms with van der Waals surface area (Å²) in [4.78, 5) is 9.49. The van der Waals surface area contributed by atoms with Crippen LogP contribution in [0.1, 0.15) is 0 Å². The van der Waals surface area contributed by atoms with Gasteiger partial charge in [-0.3, -0.25) is 0 Å². The Morgan fingerprint density at radius 3 is 2.17 bits per heavy atom. The van der Waals surface area contributed by atoms with Crippen molar-refractivity contribution in [2.45, 2.75) is 0 Å². The fourth-order valence-corrected chi connectivity index (χ4v) is 0.208. The van der Waals surface area contributed by atoms with E-state index in [1.54, 1.807) is 0 Å². The molecule has 1 fully saturated rings. The summed E-state index contributed by atoms with van der Waals surface area (Å²) in [6, 6.07) is 0. The summed E-state index contributed by atoms with van der Waals surface area (Å²) in [5.41, 5.74) is 0. The maximum absolute atomic E-state index is 9.49. The highest BCUT2D eigenvalue weighted by Gasteiger charge is 2.26. The second kappa shape index (κ2) is 0.830. The van der Waals surface area contributed by atoms with Crippen molar-refractivity contribution in [2.75, 3.05) is 13.1 Å². The van der Waals surface area contributed by atoms with Crippen molar-refractivity contribution in [1.29, 1.82) is 0 Å². The SMILES string of the molecule is O=[N+]([O-])N1CC1. The lowest BCUT2D eigenvalue weighted by atomic mass is 11.0. The van der Waals surface area contributed by atoms with E-state index >= 15 is 0 Å². The molecule has 4 heteroatoms. The molecule has 0 saturated carbocycles. The van der Waals surface area contributed by atoms with Crippen molar-refractivity contribution in [3.05, 3.63) is 10.1 Å². The van der Waals surface area contributed by atoms with E-state index in [4.69, 9.17) is 0 Å². The van der Waals surface area contributed by atoms with Gasteiger partial charge < -0.3 is 0 Å². The molecule has 34 valence electrons. The Hall–Kier alpha value is -0.800. The van der Waals surface area contributed by atoms with E-state index in [1.807, 2.05) is 0 Å². The van der Waals surface area contributed by atoms with E-state index in [9.17, 15) is 10.1 Å². The first kappa shape index (κ1) is 3.39. The first-order valence-electron chi connectivity index (χ1n) is 1.70. The van der Waals surface area contributed by atoms with E-state index in [1.165, 1.54) is 0 Å². The highest BCUT2D eigenvalue weighted by atomic mass is 16.7. The Bertz CT molecular complexity index is 77.6. The number of nitro groups is 1. The Kier molecular flexibility index (Phi) is 0.469. The molecule has 0 aromatic carbocycles. The van der Waals surface area contributed by atoms with Crippen LogP contribution in [0, 0.1) is 10.1 Å². The van der Waals surface area contributed by atoms with Crippen LogP contribution in [0.3, 0.4) is 0 Å². The second-order valence-corrected chi connectivity index (χ2v) is 1.19. The van der Waals surface area contributed by atoms with Crippen molar-refractivity contribution < 1.29 is 5.03 Å². The molecule has 0 radical (unpaired) electrons. The molecule has 0 spiro atoms. The molecule has 0 amide bonds. The summed E-state index contributed by atoms with van der Waals surface area (Å²) < 4.78 is 0. The number of rotatable bonds is 1. The summed E-state index contributed by atoms with van der Waals surface area (Å²) in [5, 5.41) is 10.2. The third-order valence-corrected chi connectivity index (χ3v) is 0.655. The molecule has 0 aromatic heterocycles. The summed E-state index contributed by atoms with van der Waals surface area (Å²) in [5.74, 6) is 0. The van der Waals surface area contributed by atoms with E-state index in [0.717, 1.165) is 5.01 Å². The fourth-order valence-electron chi connectivity index (χ4n) is 0.208. The molecule has 0 aliphatic carbocycles. The van der Waals surface area contributed by atoms with Gasteiger partial charge >= 0.3 is 0 Å². The minimum atomic E-state index is -0.389. The van der Waals surface area contributed by atoms with Gasteiger partial charge in [0, 0.05) is 0 Å². The van der Waals surface area contributed by atoms with E-state index in [2.05, 4.69) is 0 Å². The fraction of sp³-hybridized carbons (Fsp3) is 1.00. The zero-order valence-corrected chi connectivity index (χ0v) is 3.13. The van der Waals surface area contributed by atoms with Gasteiger partial charge in [-0.15, -0.1) is 5.01 Å².